The van der Waals surface area contributed by atoms with Crippen molar-refractivity contribution in [2.45, 2.75) is 12.8 Å². The van der Waals surface area contributed by atoms with Crippen LogP contribution in [0.5, 0.6) is 0 Å². The van der Waals surface area contributed by atoms with Gasteiger partial charge in [-0.2, -0.15) is 0 Å². The van der Waals surface area contributed by atoms with Crippen molar-refractivity contribution in [3.63, 3.8) is 0 Å². The van der Waals surface area contributed by atoms with Gasteiger partial charge in [-0.15, -0.1) is 0 Å². The van der Waals surface area contributed by atoms with E-state index in [0.717, 1.165) is 38.5 Å². The predicted molar refractivity (Wildman–Crippen MR) is 76.5 cm³/mol. The number of hydrogen-bond donors (Lipinski definition) is 0. The van der Waals surface area contributed by atoms with Crippen molar-refractivity contribution in [2.75, 3.05) is 38.6 Å². The lowest BCUT2D eigenvalue weighted by Gasteiger charge is -2.34. The van der Waals surface area contributed by atoms with Crippen molar-refractivity contribution in [3.05, 3.63) is 34.1 Å². The second-order valence-corrected chi connectivity index (χ2v) is 5.62. The standard InChI is InChI=1S/C14H20FN3O2/c1-16(2)10-11-3-5-17(6-4-11)13-7-12(15)8-14(9-13)18(19)20/h7-9,11H,3-6,10H2,1-2H3. The second-order valence-electron chi connectivity index (χ2n) is 5.62. The predicted octanol–water partition coefficient (Wildman–Crippen LogP) is 2.51. The Morgan fingerprint density at radius 1 is 1.35 bits per heavy atom. The number of nitro groups is 1. The highest BCUT2D eigenvalue weighted by Crippen LogP contribution is 2.27. The summed E-state index contributed by atoms with van der Waals surface area (Å²) < 4.78 is 13.5. The molecule has 0 N–H and O–H groups in total. The summed E-state index contributed by atoms with van der Waals surface area (Å²) in [5, 5.41) is 10.8. The van der Waals surface area contributed by atoms with Crippen LogP contribution in [0, 0.1) is 21.8 Å². The molecule has 110 valence electrons. The summed E-state index contributed by atoms with van der Waals surface area (Å²) >= 11 is 0. The van der Waals surface area contributed by atoms with E-state index in [1.54, 1.807) is 0 Å². The first kappa shape index (κ1) is 14.7. The van der Waals surface area contributed by atoms with Crippen LogP contribution in [0.15, 0.2) is 18.2 Å². The van der Waals surface area contributed by atoms with Gasteiger partial charge in [0, 0.05) is 31.4 Å². The summed E-state index contributed by atoms with van der Waals surface area (Å²) in [6.45, 7) is 2.69. The van der Waals surface area contributed by atoms with E-state index in [1.807, 2.05) is 4.90 Å². The minimum atomic E-state index is -0.551. The maximum absolute atomic E-state index is 13.5. The zero-order chi connectivity index (χ0) is 14.7. The average Bonchev–Trinajstić information content (AvgIpc) is 2.38. The molecule has 0 aromatic heterocycles. The smallest absolute Gasteiger partial charge is 0.274 e. The van der Waals surface area contributed by atoms with Crippen molar-refractivity contribution in [1.82, 2.24) is 4.90 Å². The lowest BCUT2D eigenvalue weighted by molar-refractivity contribution is -0.385. The van der Waals surface area contributed by atoms with Gasteiger partial charge in [0.25, 0.3) is 5.69 Å². The maximum atomic E-state index is 13.5. The molecule has 1 saturated heterocycles. The van der Waals surface area contributed by atoms with E-state index in [1.165, 1.54) is 12.1 Å². The van der Waals surface area contributed by atoms with Crippen molar-refractivity contribution < 1.29 is 9.31 Å². The molecule has 20 heavy (non-hydrogen) atoms. The third-order valence-electron chi connectivity index (χ3n) is 3.68. The fraction of sp³-hybridized carbons (Fsp3) is 0.571. The van der Waals surface area contributed by atoms with E-state index in [9.17, 15) is 14.5 Å². The summed E-state index contributed by atoms with van der Waals surface area (Å²) in [5.41, 5.74) is 0.426. The van der Waals surface area contributed by atoms with Gasteiger partial charge in [0.1, 0.15) is 5.82 Å². The SMILES string of the molecule is CN(C)CC1CCN(c2cc(F)cc([N+](=O)[O-])c2)CC1. The van der Waals surface area contributed by atoms with E-state index in [-0.39, 0.29) is 5.69 Å². The Balaban J connectivity index is 2.05. The molecule has 0 saturated carbocycles. The van der Waals surface area contributed by atoms with Gasteiger partial charge in [-0.3, -0.25) is 10.1 Å². The van der Waals surface area contributed by atoms with E-state index < -0.39 is 10.7 Å². The molecule has 6 heteroatoms. The third-order valence-corrected chi connectivity index (χ3v) is 3.68. The van der Waals surface area contributed by atoms with E-state index in [4.69, 9.17) is 0 Å². The average molecular weight is 281 g/mol. The van der Waals surface area contributed by atoms with Crippen molar-refractivity contribution in [2.24, 2.45) is 5.92 Å². The lowest BCUT2D eigenvalue weighted by Crippen LogP contribution is -2.37. The molecule has 1 aromatic carbocycles. The zero-order valence-electron chi connectivity index (χ0n) is 11.9. The first-order valence-corrected chi connectivity index (χ1v) is 6.80. The third kappa shape index (κ3) is 3.66. The van der Waals surface area contributed by atoms with Gasteiger partial charge in [0.15, 0.2) is 0 Å². The molecule has 2 rings (SSSR count). The molecule has 0 radical (unpaired) electrons. The number of halogens is 1. The van der Waals surface area contributed by atoms with E-state index in [2.05, 4.69) is 19.0 Å². The van der Waals surface area contributed by atoms with Crippen LogP contribution < -0.4 is 4.90 Å². The van der Waals surface area contributed by atoms with Gasteiger partial charge in [-0.05, 0) is 38.9 Å². The van der Waals surface area contributed by atoms with Gasteiger partial charge in [-0.25, -0.2) is 4.39 Å². The molecule has 1 aromatic rings. The fourth-order valence-electron chi connectivity index (χ4n) is 2.74. The van der Waals surface area contributed by atoms with Gasteiger partial charge in [-0.1, -0.05) is 0 Å². The highest BCUT2D eigenvalue weighted by molar-refractivity contribution is 5.53. The number of nitro benzene ring substituents is 1. The first-order valence-electron chi connectivity index (χ1n) is 6.80. The van der Waals surface area contributed by atoms with Gasteiger partial charge in [0.05, 0.1) is 11.0 Å². The fourth-order valence-corrected chi connectivity index (χ4v) is 2.74. The van der Waals surface area contributed by atoms with E-state index >= 15 is 0 Å². The molecule has 0 amide bonds. The van der Waals surface area contributed by atoms with Crippen LogP contribution in [0.25, 0.3) is 0 Å². The molecular weight excluding hydrogens is 261 g/mol. The van der Waals surface area contributed by atoms with Crippen LogP contribution >= 0.6 is 0 Å². The van der Waals surface area contributed by atoms with Gasteiger partial charge >= 0.3 is 0 Å². The number of hydrogen-bond acceptors (Lipinski definition) is 4. The summed E-state index contributed by atoms with van der Waals surface area (Å²) in [6.07, 6.45) is 2.06. The molecule has 1 fully saturated rings. The molecule has 0 spiro atoms. The molecule has 1 aliphatic heterocycles. The molecule has 1 heterocycles. The molecule has 0 unspecified atom stereocenters. The normalized spacial score (nSPS) is 16.7. The number of rotatable bonds is 4. The molecule has 5 nitrogen and oxygen atoms in total. The summed E-state index contributed by atoms with van der Waals surface area (Å²) in [5.74, 6) is 0.0920. The minimum Gasteiger partial charge on any atom is -0.371 e. The Hall–Kier alpha value is -1.69. The Labute approximate surface area is 118 Å². The maximum Gasteiger partial charge on any atom is 0.274 e. The second kappa shape index (κ2) is 6.17. The number of nitrogens with zero attached hydrogens (tertiary/aromatic N) is 3. The molecular formula is C14H20FN3O2. The zero-order valence-corrected chi connectivity index (χ0v) is 11.9. The lowest BCUT2D eigenvalue weighted by atomic mass is 9.96. The van der Waals surface area contributed by atoms with Crippen LogP contribution in [0.1, 0.15) is 12.8 Å². The number of anilines is 1. The molecule has 1 aliphatic rings. The Bertz CT molecular complexity index is 485. The van der Waals surface area contributed by atoms with Crippen molar-refractivity contribution >= 4 is 11.4 Å². The summed E-state index contributed by atoms with van der Waals surface area (Å²) in [4.78, 5) is 14.4. The van der Waals surface area contributed by atoms with Gasteiger partial charge in [0.2, 0.25) is 0 Å². The molecule has 0 bridgehead atoms. The Morgan fingerprint density at radius 3 is 2.55 bits per heavy atom. The van der Waals surface area contributed by atoms with Crippen LogP contribution in [-0.4, -0.2) is 43.6 Å². The topological polar surface area (TPSA) is 49.6 Å². The number of non-ortho nitro benzene ring substituents is 1. The van der Waals surface area contributed by atoms with Crippen LogP contribution in [0.2, 0.25) is 0 Å². The summed E-state index contributed by atoms with van der Waals surface area (Å²) in [6, 6.07) is 3.79. The Kier molecular flexibility index (Phi) is 4.54. The van der Waals surface area contributed by atoms with Crippen LogP contribution in [-0.2, 0) is 0 Å². The first-order chi connectivity index (χ1) is 9.45. The largest absolute Gasteiger partial charge is 0.371 e. The van der Waals surface area contributed by atoms with Crippen molar-refractivity contribution in [3.8, 4) is 0 Å². The summed E-state index contributed by atoms with van der Waals surface area (Å²) in [7, 11) is 4.12. The molecule has 0 aliphatic carbocycles. The highest BCUT2D eigenvalue weighted by Gasteiger charge is 2.21. The quantitative estimate of drug-likeness (QED) is 0.628. The number of benzene rings is 1. The number of piperidine rings is 1. The van der Waals surface area contributed by atoms with Crippen molar-refractivity contribution in [1.29, 1.82) is 0 Å². The Morgan fingerprint density at radius 2 is 2.00 bits per heavy atom. The van der Waals surface area contributed by atoms with Crippen LogP contribution in [0.4, 0.5) is 15.8 Å². The molecule has 0 atom stereocenters. The van der Waals surface area contributed by atoms with E-state index in [0.29, 0.717) is 11.6 Å². The minimum absolute atomic E-state index is 0.185. The highest BCUT2D eigenvalue weighted by atomic mass is 19.1. The van der Waals surface area contributed by atoms with Crippen LogP contribution in [0.3, 0.4) is 0 Å². The monoisotopic (exact) mass is 281 g/mol. The van der Waals surface area contributed by atoms with Gasteiger partial charge < -0.3 is 9.80 Å².